The SMILES string of the molecule is O=NCc1ccc2ccc3ccc(CN=O)nc3c2n1. The van der Waals surface area contributed by atoms with Crippen molar-refractivity contribution in [1.82, 2.24) is 9.97 Å². The molecule has 3 rings (SSSR count). The lowest BCUT2D eigenvalue weighted by molar-refractivity contribution is 0.988. The summed E-state index contributed by atoms with van der Waals surface area (Å²) in [6.45, 7) is 0.0593. The molecule has 6 heteroatoms. The van der Waals surface area contributed by atoms with Crippen molar-refractivity contribution in [2.45, 2.75) is 13.1 Å². The van der Waals surface area contributed by atoms with Gasteiger partial charge in [0.2, 0.25) is 0 Å². The first-order valence-electron chi connectivity index (χ1n) is 6.08. The monoisotopic (exact) mass is 266 g/mol. The van der Waals surface area contributed by atoms with Gasteiger partial charge >= 0.3 is 0 Å². The maximum Gasteiger partial charge on any atom is 0.123 e. The smallest absolute Gasteiger partial charge is 0.123 e. The lowest BCUT2D eigenvalue weighted by atomic mass is 10.1. The fraction of sp³-hybridized carbons (Fsp3) is 0.143. The van der Waals surface area contributed by atoms with E-state index >= 15 is 0 Å². The van der Waals surface area contributed by atoms with Gasteiger partial charge in [-0.25, -0.2) is 9.97 Å². The molecule has 2 heterocycles. The van der Waals surface area contributed by atoms with E-state index in [4.69, 9.17) is 0 Å². The van der Waals surface area contributed by atoms with E-state index in [0.717, 1.165) is 10.8 Å². The maximum atomic E-state index is 10.4. The Balaban J connectivity index is 2.29. The molecule has 2 aromatic heterocycles. The summed E-state index contributed by atoms with van der Waals surface area (Å²) in [6, 6.07) is 11.2. The molecular weight excluding hydrogens is 256 g/mol. The summed E-state index contributed by atoms with van der Waals surface area (Å²) in [5, 5.41) is 7.55. The van der Waals surface area contributed by atoms with Crippen molar-refractivity contribution >= 4 is 21.8 Å². The number of nitroso groups, excluding NO2 is 2. The third kappa shape index (κ3) is 2.11. The fourth-order valence-electron chi connectivity index (χ4n) is 2.16. The molecule has 0 aliphatic carbocycles. The van der Waals surface area contributed by atoms with Gasteiger partial charge < -0.3 is 0 Å². The van der Waals surface area contributed by atoms with E-state index in [0.29, 0.717) is 22.4 Å². The molecule has 0 fully saturated rings. The van der Waals surface area contributed by atoms with E-state index in [1.807, 2.05) is 24.3 Å². The maximum absolute atomic E-state index is 10.4. The first kappa shape index (κ1) is 12.3. The summed E-state index contributed by atoms with van der Waals surface area (Å²) in [5.41, 5.74) is 2.61. The van der Waals surface area contributed by atoms with Crippen molar-refractivity contribution in [3.63, 3.8) is 0 Å². The Hall–Kier alpha value is -2.76. The molecule has 98 valence electrons. The molecule has 0 aliphatic rings. The van der Waals surface area contributed by atoms with E-state index < -0.39 is 0 Å². The van der Waals surface area contributed by atoms with Crippen LogP contribution in [0.25, 0.3) is 21.8 Å². The molecule has 0 bridgehead atoms. The van der Waals surface area contributed by atoms with Gasteiger partial charge in [0.1, 0.15) is 13.1 Å². The predicted molar refractivity (Wildman–Crippen MR) is 76.0 cm³/mol. The molecule has 0 atom stereocenters. The van der Waals surface area contributed by atoms with Crippen molar-refractivity contribution in [1.29, 1.82) is 0 Å². The largest absolute Gasteiger partial charge is 0.248 e. The van der Waals surface area contributed by atoms with Crippen LogP contribution in [0.4, 0.5) is 0 Å². The van der Waals surface area contributed by atoms with E-state index in [1.54, 1.807) is 12.1 Å². The Bertz CT molecular complexity index is 748. The van der Waals surface area contributed by atoms with Gasteiger partial charge in [0, 0.05) is 10.8 Å². The zero-order valence-electron chi connectivity index (χ0n) is 10.5. The van der Waals surface area contributed by atoms with Crippen molar-refractivity contribution in [2.24, 2.45) is 10.4 Å². The van der Waals surface area contributed by atoms with Crippen LogP contribution in [0, 0.1) is 9.81 Å². The van der Waals surface area contributed by atoms with E-state index in [1.165, 1.54) is 0 Å². The Labute approximate surface area is 113 Å². The zero-order valence-corrected chi connectivity index (χ0v) is 10.5. The third-order valence-corrected chi connectivity index (χ3v) is 3.09. The quantitative estimate of drug-likeness (QED) is 0.535. The zero-order chi connectivity index (χ0) is 13.9. The Morgan fingerprint density at radius 3 is 1.50 bits per heavy atom. The first-order valence-corrected chi connectivity index (χ1v) is 6.08. The predicted octanol–water partition coefficient (Wildman–Crippen LogP) is 3.32. The van der Waals surface area contributed by atoms with Gasteiger partial charge in [-0.3, -0.25) is 0 Å². The normalized spacial score (nSPS) is 10.8. The summed E-state index contributed by atoms with van der Waals surface area (Å²) in [5.74, 6) is 0. The number of fused-ring (bicyclic) bond motifs is 3. The molecule has 1 aromatic carbocycles. The molecule has 0 saturated heterocycles. The van der Waals surface area contributed by atoms with Crippen LogP contribution in [-0.2, 0) is 13.1 Å². The van der Waals surface area contributed by atoms with E-state index in [9.17, 15) is 9.81 Å². The highest BCUT2D eigenvalue weighted by Gasteiger charge is 2.06. The van der Waals surface area contributed by atoms with Crippen LogP contribution in [0.5, 0.6) is 0 Å². The highest BCUT2D eigenvalue weighted by molar-refractivity contribution is 6.02. The molecule has 0 saturated carbocycles. The Morgan fingerprint density at radius 1 is 0.700 bits per heavy atom. The summed E-state index contributed by atoms with van der Waals surface area (Å²) < 4.78 is 0. The molecule has 0 N–H and O–H groups in total. The standard InChI is InChI=1S/C14H10N4O2/c19-15-7-11-5-3-9-1-2-10-4-6-12(8-16-20)18-14(10)13(9)17-11/h1-6H,7-8H2. The van der Waals surface area contributed by atoms with Crippen LogP contribution in [0.2, 0.25) is 0 Å². The number of benzene rings is 1. The molecule has 20 heavy (non-hydrogen) atoms. The number of nitrogens with zero attached hydrogens (tertiary/aromatic N) is 4. The second kappa shape index (κ2) is 5.08. The number of aromatic nitrogens is 2. The lowest BCUT2D eigenvalue weighted by Crippen LogP contribution is -1.93. The molecule has 0 radical (unpaired) electrons. The van der Waals surface area contributed by atoms with Crippen molar-refractivity contribution in [3.8, 4) is 0 Å². The third-order valence-electron chi connectivity index (χ3n) is 3.09. The number of rotatable bonds is 4. The van der Waals surface area contributed by atoms with Gasteiger partial charge in [-0.2, -0.15) is 9.81 Å². The Morgan fingerprint density at radius 2 is 1.10 bits per heavy atom. The van der Waals surface area contributed by atoms with Gasteiger partial charge in [0.25, 0.3) is 0 Å². The average Bonchev–Trinajstić information content (AvgIpc) is 2.48. The molecule has 0 aliphatic heterocycles. The fourth-order valence-corrected chi connectivity index (χ4v) is 2.16. The van der Waals surface area contributed by atoms with Crippen LogP contribution in [0.15, 0.2) is 46.8 Å². The van der Waals surface area contributed by atoms with Gasteiger partial charge in [0.15, 0.2) is 0 Å². The molecule has 0 spiro atoms. The van der Waals surface area contributed by atoms with Gasteiger partial charge in [-0.1, -0.05) is 34.6 Å². The minimum atomic E-state index is 0.0297. The minimum Gasteiger partial charge on any atom is -0.248 e. The minimum absolute atomic E-state index is 0.0297. The summed E-state index contributed by atoms with van der Waals surface area (Å²) in [6.07, 6.45) is 0. The van der Waals surface area contributed by atoms with Crippen molar-refractivity contribution < 1.29 is 0 Å². The van der Waals surface area contributed by atoms with Crippen LogP contribution in [0.3, 0.4) is 0 Å². The molecule has 0 unspecified atom stereocenters. The number of hydrogen-bond acceptors (Lipinski definition) is 6. The van der Waals surface area contributed by atoms with Gasteiger partial charge in [-0.05, 0) is 12.1 Å². The van der Waals surface area contributed by atoms with Crippen LogP contribution < -0.4 is 0 Å². The van der Waals surface area contributed by atoms with Crippen molar-refractivity contribution in [2.75, 3.05) is 0 Å². The summed E-state index contributed by atoms with van der Waals surface area (Å²) >= 11 is 0. The molecule has 6 nitrogen and oxygen atoms in total. The van der Waals surface area contributed by atoms with Gasteiger partial charge in [-0.15, -0.1) is 0 Å². The second-order valence-electron chi connectivity index (χ2n) is 4.39. The number of pyridine rings is 2. The average molecular weight is 266 g/mol. The number of hydrogen-bond donors (Lipinski definition) is 0. The topological polar surface area (TPSA) is 84.6 Å². The van der Waals surface area contributed by atoms with Crippen molar-refractivity contribution in [3.05, 3.63) is 57.6 Å². The van der Waals surface area contributed by atoms with E-state index in [2.05, 4.69) is 20.3 Å². The highest BCUT2D eigenvalue weighted by atomic mass is 16.3. The molecule has 3 aromatic rings. The van der Waals surface area contributed by atoms with Gasteiger partial charge in [0.05, 0.1) is 22.4 Å². The summed E-state index contributed by atoms with van der Waals surface area (Å²) in [7, 11) is 0. The van der Waals surface area contributed by atoms with Crippen LogP contribution in [0.1, 0.15) is 11.4 Å². The van der Waals surface area contributed by atoms with E-state index in [-0.39, 0.29) is 13.1 Å². The first-order chi connectivity index (χ1) is 9.81. The Kier molecular flexibility index (Phi) is 3.12. The second-order valence-corrected chi connectivity index (χ2v) is 4.39. The van der Waals surface area contributed by atoms with Crippen LogP contribution in [-0.4, -0.2) is 9.97 Å². The lowest BCUT2D eigenvalue weighted by Gasteiger charge is -2.05. The molecular formula is C14H10N4O2. The highest BCUT2D eigenvalue weighted by Crippen LogP contribution is 2.23. The summed E-state index contributed by atoms with van der Waals surface area (Å²) in [4.78, 5) is 29.6. The molecule has 0 amide bonds. The van der Waals surface area contributed by atoms with Crippen LogP contribution >= 0.6 is 0 Å².